The molecule has 29 heavy (non-hydrogen) atoms. The quantitative estimate of drug-likeness (QED) is 0.625. The summed E-state index contributed by atoms with van der Waals surface area (Å²) in [6.45, 7) is 6.36. The van der Waals surface area contributed by atoms with Gasteiger partial charge in [0.2, 0.25) is 0 Å². The summed E-state index contributed by atoms with van der Waals surface area (Å²) < 4.78 is 10.9. The topological polar surface area (TPSA) is 88.8 Å². The summed E-state index contributed by atoms with van der Waals surface area (Å²) >= 11 is 0. The number of anilines is 1. The average molecular weight is 394 g/mol. The molecule has 0 unspecified atom stereocenters. The highest BCUT2D eigenvalue weighted by Crippen LogP contribution is 2.22. The lowest BCUT2D eigenvalue weighted by atomic mass is 10.1. The van der Waals surface area contributed by atoms with Gasteiger partial charge in [0.15, 0.2) is 6.61 Å². The van der Waals surface area contributed by atoms with E-state index in [0.29, 0.717) is 37.5 Å². The molecule has 8 nitrogen and oxygen atoms in total. The van der Waals surface area contributed by atoms with Crippen LogP contribution in [0.1, 0.15) is 11.3 Å². The molecule has 0 N–H and O–H groups in total. The van der Waals surface area contributed by atoms with E-state index >= 15 is 0 Å². The van der Waals surface area contributed by atoms with Gasteiger partial charge >= 0.3 is 5.63 Å². The number of fused-ring (bicyclic) bond motifs is 1. The fourth-order valence-electron chi connectivity index (χ4n) is 3.43. The first-order chi connectivity index (χ1) is 14.0. The Morgan fingerprint density at radius 3 is 2.66 bits per heavy atom. The summed E-state index contributed by atoms with van der Waals surface area (Å²) in [4.78, 5) is 36.4. The lowest BCUT2D eigenvalue weighted by Gasteiger charge is -2.35. The van der Waals surface area contributed by atoms with Crippen molar-refractivity contribution in [1.82, 2.24) is 14.9 Å². The predicted molar refractivity (Wildman–Crippen MR) is 108 cm³/mol. The Hall–Kier alpha value is -3.42. The molecule has 0 spiro atoms. The molecule has 0 bridgehead atoms. The minimum Gasteiger partial charge on any atom is -0.484 e. The highest BCUT2D eigenvalue weighted by molar-refractivity contribution is 5.82. The zero-order valence-corrected chi connectivity index (χ0v) is 16.4. The van der Waals surface area contributed by atoms with Crippen LogP contribution in [0.5, 0.6) is 5.75 Å². The standard InChI is InChI=1S/C21H22N4O4/c1-14-9-21(27)29-18-11-16(3-4-17(14)18)28-12-20(26)25-7-5-24(6-8-25)19-10-15(2)22-13-23-19/h3-4,9-11,13H,5-8,12H2,1-2H3. The van der Waals surface area contributed by atoms with Crippen LogP contribution in [0.2, 0.25) is 0 Å². The molecule has 3 aromatic rings. The number of nitrogens with zero attached hydrogens (tertiary/aromatic N) is 4. The van der Waals surface area contributed by atoms with E-state index < -0.39 is 5.63 Å². The van der Waals surface area contributed by atoms with E-state index in [1.54, 1.807) is 23.4 Å². The molecule has 0 aliphatic carbocycles. The zero-order chi connectivity index (χ0) is 20.4. The largest absolute Gasteiger partial charge is 0.484 e. The van der Waals surface area contributed by atoms with E-state index in [1.807, 2.05) is 26.0 Å². The van der Waals surface area contributed by atoms with Gasteiger partial charge < -0.3 is 19.0 Å². The third-order valence-electron chi connectivity index (χ3n) is 5.03. The molecule has 1 aliphatic rings. The van der Waals surface area contributed by atoms with Crippen molar-refractivity contribution < 1.29 is 13.9 Å². The van der Waals surface area contributed by atoms with Gasteiger partial charge in [0, 0.05) is 55.5 Å². The smallest absolute Gasteiger partial charge is 0.336 e. The molecule has 1 aromatic carbocycles. The lowest BCUT2D eigenvalue weighted by Crippen LogP contribution is -2.50. The van der Waals surface area contributed by atoms with Crippen molar-refractivity contribution in [2.24, 2.45) is 0 Å². The van der Waals surface area contributed by atoms with Crippen LogP contribution in [0.3, 0.4) is 0 Å². The van der Waals surface area contributed by atoms with Crippen LogP contribution < -0.4 is 15.3 Å². The first-order valence-electron chi connectivity index (χ1n) is 9.48. The van der Waals surface area contributed by atoms with Crippen molar-refractivity contribution in [2.75, 3.05) is 37.7 Å². The van der Waals surface area contributed by atoms with E-state index in [1.165, 1.54) is 6.07 Å². The van der Waals surface area contributed by atoms with Gasteiger partial charge in [0.1, 0.15) is 23.5 Å². The maximum absolute atomic E-state index is 12.5. The fraction of sp³-hybridized carbons (Fsp3) is 0.333. The Morgan fingerprint density at radius 1 is 1.10 bits per heavy atom. The van der Waals surface area contributed by atoms with Crippen molar-refractivity contribution in [3.05, 3.63) is 58.3 Å². The Kier molecular flexibility index (Phi) is 5.16. The van der Waals surface area contributed by atoms with E-state index in [0.717, 1.165) is 22.5 Å². The minimum atomic E-state index is -0.403. The second kappa shape index (κ2) is 7.90. The summed E-state index contributed by atoms with van der Waals surface area (Å²) in [6.07, 6.45) is 1.56. The Balaban J connectivity index is 1.34. The van der Waals surface area contributed by atoms with Gasteiger partial charge in [-0.2, -0.15) is 0 Å². The number of aryl methyl sites for hydroxylation is 2. The number of hydrogen-bond donors (Lipinski definition) is 0. The van der Waals surface area contributed by atoms with E-state index in [2.05, 4.69) is 14.9 Å². The predicted octanol–water partition coefficient (Wildman–Crippen LogP) is 1.93. The van der Waals surface area contributed by atoms with Gasteiger partial charge in [0.25, 0.3) is 5.91 Å². The molecule has 1 fully saturated rings. The summed E-state index contributed by atoms with van der Waals surface area (Å²) in [7, 11) is 0. The summed E-state index contributed by atoms with van der Waals surface area (Å²) in [6, 6.07) is 8.65. The number of hydrogen-bond acceptors (Lipinski definition) is 7. The molecular formula is C21H22N4O4. The molecule has 150 valence electrons. The number of carbonyl (C=O) groups is 1. The van der Waals surface area contributed by atoms with Crippen LogP contribution >= 0.6 is 0 Å². The van der Waals surface area contributed by atoms with Crippen LogP contribution in [0, 0.1) is 13.8 Å². The van der Waals surface area contributed by atoms with Crippen LogP contribution in [0.4, 0.5) is 5.82 Å². The van der Waals surface area contributed by atoms with Gasteiger partial charge in [-0.3, -0.25) is 4.79 Å². The molecular weight excluding hydrogens is 372 g/mol. The SMILES string of the molecule is Cc1cc(N2CCN(C(=O)COc3ccc4c(C)cc(=O)oc4c3)CC2)ncn1. The van der Waals surface area contributed by atoms with Gasteiger partial charge in [-0.15, -0.1) is 0 Å². The summed E-state index contributed by atoms with van der Waals surface area (Å²) in [5, 5.41) is 0.847. The molecule has 1 aliphatic heterocycles. The van der Waals surface area contributed by atoms with Crippen LogP contribution in [-0.4, -0.2) is 53.6 Å². The number of rotatable bonds is 4. The molecule has 2 aromatic heterocycles. The van der Waals surface area contributed by atoms with Gasteiger partial charge in [-0.05, 0) is 31.5 Å². The monoisotopic (exact) mass is 394 g/mol. The highest BCUT2D eigenvalue weighted by atomic mass is 16.5. The number of carbonyl (C=O) groups excluding carboxylic acids is 1. The number of piperazine rings is 1. The molecule has 0 saturated carbocycles. The number of aromatic nitrogens is 2. The molecule has 1 saturated heterocycles. The van der Waals surface area contributed by atoms with Crippen molar-refractivity contribution >= 4 is 22.7 Å². The van der Waals surface area contributed by atoms with E-state index in [-0.39, 0.29) is 12.5 Å². The van der Waals surface area contributed by atoms with Crippen LogP contribution in [0.25, 0.3) is 11.0 Å². The van der Waals surface area contributed by atoms with E-state index in [9.17, 15) is 9.59 Å². The second-order valence-electron chi connectivity index (χ2n) is 7.08. The number of benzene rings is 1. The average Bonchev–Trinajstić information content (AvgIpc) is 2.71. The highest BCUT2D eigenvalue weighted by Gasteiger charge is 2.22. The van der Waals surface area contributed by atoms with Crippen molar-refractivity contribution in [2.45, 2.75) is 13.8 Å². The lowest BCUT2D eigenvalue weighted by molar-refractivity contribution is -0.133. The van der Waals surface area contributed by atoms with Crippen LogP contribution in [-0.2, 0) is 4.79 Å². The first-order valence-corrected chi connectivity index (χ1v) is 9.48. The molecule has 8 heteroatoms. The van der Waals surface area contributed by atoms with Gasteiger partial charge in [0.05, 0.1) is 0 Å². The van der Waals surface area contributed by atoms with E-state index in [4.69, 9.17) is 9.15 Å². The zero-order valence-electron chi connectivity index (χ0n) is 16.4. The Bertz CT molecular complexity index is 1100. The molecule has 0 radical (unpaired) electrons. The summed E-state index contributed by atoms with van der Waals surface area (Å²) in [5.41, 5.74) is 1.81. The van der Waals surface area contributed by atoms with Crippen molar-refractivity contribution in [3.8, 4) is 5.75 Å². The van der Waals surface area contributed by atoms with Gasteiger partial charge in [-0.1, -0.05) is 0 Å². The fourth-order valence-corrected chi connectivity index (χ4v) is 3.43. The number of ether oxygens (including phenoxy) is 1. The molecule has 0 atom stereocenters. The van der Waals surface area contributed by atoms with Gasteiger partial charge in [-0.25, -0.2) is 14.8 Å². The minimum absolute atomic E-state index is 0.0613. The number of amides is 1. The van der Waals surface area contributed by atoms with Crippen LogP contribution in [0.15, 0.2) is 45.9 Å². The molecule has 4 rings (SSSR count). The third kappa shape index (κ3) is 4.21. The maximum Gasteiger partial charge on any atom is 0.336 e. The van der Waals surface area contributed by atoms with Crippen molar-refractivity contribution in [1.29, 1.82) is 0 Å². The first kappa shape index (κ1) is 18.9. The third-order valence-corrected chi connectivity index (χ3v) is 5.03. The second-order valence-corrected chi connectivity index (χ2v) is 7.08. The Morgan fingerprint density at radius 2 is 1.90 bits per heavy atom. The Labute approximate surface area is 167 Å². The molecule has 1 amide bonds. The van der Waals surface area contributed by atoms with Crippen molar-refractivity contribution in [3.63, 3.8) is 0 Å². The summed E-state index contributed by atoms with van der Waals surface area (Å²) in [5.74, 6) is 1.30. The maximum atomic E-state index is 12.5. The molecule has 3 heterocycles. The normalized spacial score (nSPS) is 14.3.